The van der Waals surface area contributed by atoms with Crippen LogP contribution in [0.2, 0.25) is 0 Å². The quantitative estimate of drug-likeness (QED) is 0.187. The molecule has 0 amide bonds. The third-order valence-corrected chi connectivity index (χ3v) is 10.2. The van der Waals surface area contributed by atoms with Crippen molar-refractivity contribution in [2.45, 2.75) is 25.3 Å². The summed E-state index contributed by atoms with van der Waals surface area (Å²) in [5.74, 6) is 0.393. The smallest absolute Gasteiger partial charge is 0.0991 e. The zero-order chi connectivity index (χ0) is 31.9. The molecular formula is C42H32N4S. The van der Waals surface area contributed by atoms with Crippen LogP contribution in [-0.4, -0.2) is 10.8 Å². The van der Waals surface area contributed by atoms with E-state index in [2.05, 4.69) is 103 Å². The van der Waals surface area contributed by atoms with Gasteiger partial charge in [-0.2, -0.15) is 5.26 Å². The Balaban J connectivity index is 1.23. The van der Waals surface area contributed by atoms with Crippen LogP contribution in [0, 0.1) is 11.3 Å². The van der Waals surface area contributed by atoms with Crippen LogP contribution in [0.5, 0.6) is 0 Å². The summed E-state index contributed by atoms with van der Waals surface area (Å²) in [4.78, 5) is 5.06. The lowest BCUT2D eigenvalue weighted by atomic mass is 9.93. The molecule has 226 valence electrons. The number of nitriles is 1. The highest BCUT2D eigenvalue weighted by Gasteiger charge is 2.24. The molecule has 0 saturated carbocycles. The molecule has 7 aromatic rings. The first-order valence-electron chi connectivity index (χ1n) is 15.9. The average molecular weight is 625 g/mol. The van der Waals surface area contributed by atoms with Crippen LogP contribution in [0.1, 0.15) is 58.8 Å². The molecule has 0 saturated heterocycles. The molecule has 8 rings (SSSR count). The highest BCUT2D eigenvalue weighted by molar-refractivity contribution is 7.25. The summed E-state index contributed by atoms with van der Waals surface area (Å²) in [5, 5.41) is 13.3. The van der Waals surface area contributed by atoms with E-state index in [4.69, 9.17) is 10.7 Å². The normalized spacial score (nSPS) is 15.4. The summed E-state index contributed by atoms with van der Waals surface area (Å²) >= 11 is 1.87. The predicted octanol–water partition coefficient (Wildman–Crippen LogP) is 10.6. The molecule has 47 heavy (non-hydrogen) atoms. The van der Waals surface area contributed by atoms with Crippen LogP contribution >= 0.6 is 11.3 Å². The van der Waals surface area contributed by atoms with Gasteiger partial charge in [0.1, 0.15) is 0 Å². The third kappa shape index (κ3) is 5.23. The number of thiophene rings is 1. The van der Waals surface area contributed by atoms with Gasteiger partial charge in [0.2, 0.25) is 0 Å². The third-order valence-electron chi connectivity index (χ3n) is 9.10. The van der Waals surface area contributed by atoms with Crippen LogP contribution in [0.25, 0.3) is 48.5 Å². The van der Waals surface area contributed by atoms with E-state index in [0.717, 1.165) is 28.8 Å². The molecule has 2 unspecified atom stereocenters. The van der Waals surface area contributed by atoms with E-state index in [1.54, 1.807) is 6.07 Å². The molecule has 0 spiro atoms. The summed E-state index contributed by atoms with van der Waals surface area (Å²) in [7, 11) is 0. The van der Waals surface area contributed by atoms with Crippen LogP contribution in [-0.2, 0) is 0 Å². The molecule has 2 atom stereocenters. The number of aliphatic imine (C=N–C) groups is 1. The Morgan fingerprint density at radius 1 is 0.894 bits per heavy atom. The zero-order valence-corrected chi connectivity index (χ0v) is 26.8. The fourth-order valence-corrected chi connectivity index (χ4v) is 7.94. The Kier molecular flexibility index (Phi) is 7.28. The van der Waals surface area contributed by atoms with Crippen molar-refractivity contribution in [2.24, 2.45) is 10.7 Å². The summed E-state index contributed by atoms with van der Waals surface area (Å²) in [6.07, 6.45) is 9.56. The van der Waals surface area contributed by atoms with Gasteiger partial charge in [-0.05, 0) is 71.7 Å². The van der Waals surface area contributed by atoms with Crippen molar-refractivity contribution in [1.29, 1.82) is 5.26 Å². The second kappa shape index (κ2) is 11.9. The molecule has 2 N–H and O–H groups in total. The number of rotatable bonds is 6. The van der Waals surface area contributed by atoms with Crippen LogP contribution < -0.4 is 5.73 Å². The van der Waals surface area contributed by atoms with Gasteiger partial charge in [-0.15, -0.1) is 11.3 Å². The maximum absolute atomic E-state index is 9.38. The summed E-state index contributed by atoms with van der Waals surface area (Å²) < 4.78 is 5.11. The van der Waals surface area contributed by atoms with Crippen LogP contribution in [0.4, 0.5) is 0 Å². The number of allylic oxidation sites excluding steroid dienone is 1. The molecule has 5 aromatic carbocycles. The first-order valence-corrected chi connectivity index (χ1v) is 16.7. The predicted molar refractivity (Wildman–Crippen MR) is 198 cm³/mol. The van der Waals surface area contributed by atoms with Crippen molar-refractivity contribution in [1.82, 2.24) is 4.57 Å². The monoisotopic (exact) mass is 624 g/mol. The first kappa shape index (κ1) is 28.8. The van der Waals surface area contributed by atoms with Crippen LogP contribution in [0.15, 0.2) is 132 Å². The van der Waals surface area contributed by atoms with Crippen molar-refractivity contribution >= 4 is 60.4 Å². The molecule has 5 heteroatoms. The Morgan fingerprint density at radius 2 is 1.72 bits per heavy atom. The molecule has 0 aliphatic heterocycles. The number of hydrogen-bond donors (Lipinski definition) is 1. The molecule has 4 nitrogen and oxygen atoms in total. The lowest BCUT2D eigenvalue weighted by molar-refractivity contribution is 0.723. The van der Waals surface area contributed by atoms with E-state index >= 15 is 0 Å². The molecule has 0 bridgehead atoms. The van der Waals surface area contributed by atoms with E-state index in [0.29, 0.717) is 17.2 Å². The van der Waals surface area contributed by atoms with Crippen molar-refractivity contribution < 1.29 is 0 Å². The van der Waals surface area contributed by atoms with Gasteiger partial charge in [0.05, 0.1) is 23.2 Å². The summed E-state index contributed by atoms with van der Waals surface area (Å²) in [6, 6.07) is 41.6. The van der Waals surface area contributed by atoms with Gasteiger partial charge < -0.3 is 10.3 Å². The van der Waals surface area contributed by atoms with Crippen molar-refractivity contribution in [3.05, 3.63) is 161 Å². The molecule has 0 radical (unpaired) electrons. The maximum Gasteiger partial charge on any atom is 0.0991 e. The van der Waals surface area contributed by atoms with E-state index in [-0.39, 0.29) is 6.04 Å². The molecule has 1 aliphatic carbocycles. The number of aromatic nitrogens is 1. The molecule has 2 aromatic heterocycles. The fourth-order valence-electron chi connectivity index (χ4n) is 6.81. The topological polar surface area (TPSA) is 67.1 Å². The largest absolute Gasteiger partial charge is 0.398 e. The van der Waals surface area contributed by atoms with Gasteiger partial charge in [0.15, 0.2) is 0 Å². The lowest BCUT2D eigenvalue weighted by Crippen LogP contribution is -2.07. The Hall–Kier alpha value is -5.70. The average Bonchev–Trinajstić information content (AvgIpc) is 3.65. The highest BCUT2D eigenvalue weighted by atomic mass is 32.1. The van der Waals surface area contributed by atoms with Gasteiger partial charge in [0.25, 0.3) is 0 Å². The standard InChI is InChI=1S/C42H32N4S/c1-27-10-7-18-34-35-23-41-36(33-17-5-6-19-40(33)47-41)22-39(35)46(42(27)34)32-16-9-12-29(21-32)26-45-38(30-13-3-2-4-14-30)24-37(44)31-15-8-11-28(20-31)25-43/h2-9,11-24,26-27,38H,10,44H2,1H3/b37-24-,45-26+. The molecule has 2 heterocycles. The summed E-state index contributed by atoms with van der Waals surface area (Å²) in [6.45, 7) is 2.33. The lowest BCUT2D eigenvalue weighted by Gasteiger charge is -2.19. The SMILES string of the molecule is CC1CC=Cc2c1n(-c1cccc(/C=N/C(/C=C(\N)c3cccc(C#N)c3)c3ccccc3)c1)c1cc3c(cc21)sc1ccccc13. The van der Waals surface area contributed by atoms with Gasteiger partial charge in [-0.25, -0.2) is 0 Å². The van der Waals surface area contributed by atoms with Gasteiger partial charge in [-0.1, -0.05) is 91.9 Å². The van der Waals surface area contributed by atoms with Crippen LogP contribution in [0.3, 0.4) is 0 Å². The first-order chi connectivity index (χ1) is 23.1. The number of fused-ring (bicyclic) bond motifs is 6. The molecule has 0 fully saturated rings. The van der Waals surface area contributed by atoms with E-state index in [1.165, 1.54) is 42.3 Å². The number of nitrogens with zero attached hydrogens (tertiary/aromatic N) is 3. The fraction of sp³-hybridized carbons (Fsp3) is 0.0952. The molecular weight excluding hydrogens is 593 g/mol. The van der Waals surface area contributed by atoms with Gasteiger partial charge in [-0.3, -0.25) is 4.99 Å². The molecule has 1 aliphatic rings. The van der Waals surface area contributed by atoms with Crippen molar-refractivity contribution in [3.63, 3.8) is 0 Å². The number of hydrogen-bond acceptors (Lipinski definition) is 4. The van der Waals surface area contributed by atoms with Gasteiger partial charge in [0, 0.05) is 60.3 Å². The van der Waals surface area contributed by atoms with E-state index < -0.39 is 0 Å². The minimum Gasteiger partial charge on any atom is -0.398 e. The van der Waals surface area contributed by atoms with E-state index in [1.807, 2.05) is 60.0 Å². The summed E-state index contributed by atoms with van der Waals surface area (Å²) in [5.41, 5.74) is 15.6. The Labute approximate surface area is 278 Å². The maximum atomic E-state index is 9.38. The van der Waals surface area contributed by atoms with E-state index in [9.17, 15) is 5.26 Å². The number of benzene rings is 5. The van der Waals surface area contributed by atoms with Crippen molar-refractivity contribution in [2.75, 3.05) is 0 Å². The minimum absolute atomic E-state index is 0.295. The minimum atomic E-state index is -0.295. The second-order valence-electron chi connectivity index (χ2n) is 12.2. The Bertz CT molecular complexity index is 2430. The number of nitrogens with two attached hydrogens (primary N) is 1. The zero-order valence-electron chi connectivity index (χ0n) is 26.0. The second-order valence-corrected chi connectivity index (χ2v) is 13.3. The Morgan fingerprint density at radius 3 is 2.60 bits per heavy atom. The highest BCUT2D eigenvalue weighted by Crippen LogP contribution is 2.43. The van der Waals surface area contributed by atoms with Gasteiger partial charge >= 0.3 is 0 Å². The van der Waals surface area contributed by atoms with Crippen molar-refractivity contribution in [3.8, 4) is 11.8 Å².